The second kappa shape index (κ2) is 11.6. The van der Waals surface area contributed by atoms with E-state index in [9.17, 15) is 4.79 Å². The molecule has 0 spiro atoms. The first-order valence-electron chi connectivity index (χ1n) is 8.12. The van der Waals surface area contributed by atoms with Crippen LogP contribution in [0.15, 0.2) is 27.8 Å². The molecule has 1 fully saturated rings. The van der Waals surface area contributed by atoms with Gasteiger partial charge in [0.1, 0.15) is 0 Å². The monoisotopic (exact) mass is 466 g/mol. The summed E-state index contributed by atoms with van der Waals surface area (Å²) < 4.78 is 5.05. The van der Waals surface area contributed by atoms with E-state index < -0.39 is 0 Å². The predicted molar refractivity (Wildman–Crippen MR) is 111 cm³/mol. The summed E-state index contributed by atoms with van der Waals surface area (Å²) in [6.45, 7) is 3.88. The lowest BCUT2D eigenvalue weighted by Crippen LogP contribution is -2.43. The molecule has 0 aliphatic heterocycles. The molecule has 6 nitrogen and oxygen atoms in total. The summed E-state index contributed by atoms with van der Waals surface area (Å²) in [4.78, 5) is 16.3. The molecule has 0 aromatic carbocycles. The molecule has 24 heavy (non-hydrogen) atoms. The number of carbonyl (C=O) groups is 1. The van der Waals surface area contributed by atoms with Gasteiger partial charge >= 0.3 is 0 Å². The molecule has 0 saturated heterocycles. The first kappa shape index (κ1) is 21.1. The second-order valence-corrected chi connectivity index (χ2v) is 6.64. The SMILES string of the molecule is CCNC(=NCCNC(=O)c1ccco1)NC1CCC(SC)C1.I. The Morgan fingerprint density at radius 3 is 2.88 bits per heavy atom. The van der Waals surface area contributed by atoms with Crippen LogP contribution in [0, 0.1) is 0 Å². The fraction of sp³-hybridized carbons (Fsp3) is 0.625. The van der Waals surface area contributed by atoms with Crippen LogP contribution < -0.4 is 16.0 Å². The molecule has 0 radical (unpaired) electrons. The van der Waals surface area contributed by atoms with Crippen LogP contribution in [0.3, 0.4) is 0 Å². The maximum Gasteiger partial charge on any atom is 0.287 e. The van der Waals surface area contributed by atoms with Gasteiger partial charge < -0.3 is 20.4 Å². The summed E-state index contributed by atoms with van der Waals surface area (Å²) in [6.07, 6.45) is 7.29. The van der Waals surface area contributed by atoms with Crippen molar-refractivity contribution in [2.24, 2.45) is 4.99 Å². The molecular weight excluding hydrogens is 439 g/mol. The molecule has 8 heteroatoms. The average molecular weight is 466 g/mol. The minimum atomic E-state index is -0.207. The van der Waals surface area contributed by atoms with Gasteiger partial charge in [0.25, 0.3) is 5.91 Å². The summed E-state index contributed by atoms with van der Waals surface area (Å²) in [6, 6.07) is 3.83. The van der Waals surface area contributed by atoms with Crippen LogP contribution in [0.25, 0.3) is 0 Å². The van der Waals surface area contributed by atoms with Gasteiger partial charge in [-0.3, -0.25) is 9.79 Å². The van der Waals surface area contributed by atoms with Gasteiger partial charge in [-0.15, -0.1) is 24.0 Å². The normalized spacial score (nSPS) is 20.3. The predicted octanol–water partition coefficient (Wildman–Crippen LogP) is 2.47. The van der Waals surface area contributed by atoms with Gasteiger partial charge in [0.2, 0.25) is 0 Å². The summed E-state index contributed by atoms with van der Waals surface area (Å²) in [5.41, 5.74) is 0. The first-order chi connectivity index (χ1) is 11.2. The number of halogens is 1. The van der Waals surface area contributed by atoms with Crippen molar-refractivity contribution in [3.8, 4) is 0 Å². The highest BCUT2D eigenvalue weighted by atomic mass is 127. The molecule has 1 saturated carbocycles. The fourth-order valence-electron chi connectivity index (χ4n) is 2.63. The Morgan fingerprint density at radius 1 is 1.42 bits per heavy atom. The van der Waals surface area contributed by atoms with E-state index in [-0.39, 0.29) is 29.9 Å². The Balaban J connectivity index is 0.00000288. The fourth-order valence-corrected chi connectivity index (χ4v) is 3.43. The molecule has 3 N–H and O–H groups in total. The number of furan rings is 1. The highest BCUT2D eigenvalue weighted by Crippen LogP contribution is 2.27. The number of guanidine groups is 1. The summed E-state index contributed by atoms with van der Waals surface area (Å²) >= 11 is 1.94. The molecule has 2 rings (SSSR count). The number of nitrogens with zero attached hydrogens (tertiary/aromatic N) is 1. The summed E-state index contributed by atoms with van der Waals surface area (Å²) in [5, 5.41) is 10.3. The van der Waals surface area contributed by atoms with E-state index in [0.29, 0.717) is 24.9 Å². The zero-order chi connectivity index (χ0) is 16.5. The van der Waals surface area contributed by atoms with Crippen molar-refractivity contribution >= 4 is 47.6 Å². The number of hydrogen-bond acceptors (Lipinski definition) is 4. The van der Waals surface area contributed by atoms with E-state index in [1.807, 2.05) is 11.8 Å². The van der Waals surface area contributed by atoms with E-state index >= 15 is 0 Å². The Morgan fingerprint density at radius 2 is 2.25 bits per heavy atom. The minimum Gasteiger partial charge on any atom is -0.459 e. The third kappa shape index (κ3) is 6.92. The Hall–Kier alpha value is -0.900. The quantitative estimate of drug-likeness (QED) is 0.249. The van der Waals surface area contributed by atoms with Gasteiger partial charge in [0, 0.05) is 24.4 Å². The van der Waals surface area contributed by atoms with Crippen molar-refractivity contribution in [3.63, 3.8) is 0 Å². The lowest BCUT2D eigenvalue weighted by Gasteiger charge is -2.17. The number of carbonyl (C=O) groups excluding carboxylic acids is 1. The van der Waals surface area contributed by atoms with Crippen LogP contribution >= 0.6 is 35.7 Å². The number of nitrogens with one attached hydrogen (secondary N) is 3. The molecular formula is C16H27IN4O2S. The van der Waals surface area contributed by atoms with Crippen LogP contribution in [0.1, 0.15) is 36.7 Å². The van der Waals surface area contributed by atoms with Crippen molar-refractivity contribution in [1.29, 1.82) is 0 Å². The zero-order valence-electron chi connectivity index (χ0n) is 14.2. The Labute approximate surface area is 165 Å². The van der Waals surface area contributed by atoms with Gasteiger partial charge in [-0.25, -0.2) is 0 Å². The van der Waals surface area contributed by atoms with Crippen molar-refractivity contribution in [3.05, 3.63) is 24.2 Å². The van der Waals surface area contributed by atoms with Crippen molar-refractivity contribution < 1.29 is 9.21 Å². The van der Waals surface area contributed by atoms with Crippen molar-refractivity contribution in [1.82, 2.24) is 16.0 Å². The third-order valence-corrected chi connectivity index (χ3v) is 4.91. The number of thioether (sulfide) groups is 1. The average Bonchev–Trinajstić information content (AvgIpc) is 3.22. The standard InChI is InChI=1S/C16H26N4O2S.HI/c1-3-17-16(20-12-6-7-13(11-12)23-2)19-9-8-18-15(21)14-5-4-10-22-14;/h4-5,10,12-13H,3,6-9,11H2,1-2H3,(H,18,21)(H2,17,19,20);1H. The highest BCUT2D eigenvalue weighted by molar-refractivity contribution is 14.0. The molecule has 1 aliphatic rings. The molecule has 0 bridgehead atoms. The van der Waals surface area contributed by atoms with Crippen molar-refractivity contribution in [2.45, 2.75) is 37.5 Å². The third-order valence-electron chi connectivity index (χ3n) is 3.82. The second-order valence-electron chi connectivity index (χ2n) is 5.51. The summed E-state index contributed by atoms with van der Waals surface area (Å²) in [5.74, 6) is 0.946. The minimum absolute atomic E-state index is 0. The van der Waals surface area contributed by atoms with Gasteiger partial charge in [0.05, 0.1) is 12.8 Å². The van der Waals surface area contributed by atoms with Crippen LogP contribution in [0.2, 0.25) is 0 Å². The lowest BCUT2D eigenvalue weighted by atomic mass is 10.2. The number of hydrogen-bond donors (Lipinski definition) is 3. The number of amides is 1. The topological polar surface area (TPSA) is 78.7 Å². The number of rotatable bonds is 7. The molecule has 1 aliphatic carbocycles. The maximum absolute atomic E-state index is 11.7. The highest BCUT2D eigenvalue weighted by Gasteiger charge is 2.24. The molecule has 1 amide bonds. The van der Waals surface area contributed by atoms with Gasteiger partial charge in [-0.05, 0) is 44.6 Å². The Bertz CT molecular complexity index is 510. The van der Waals surface area contributed by atoms with E-state index in [2.05, 4.69) is 34.1 Å². The van der Waals surface area contributed by atoms with Gasteiger partial charge in [-0.2, -0.15) is 11.8 Å². The lowest BCUT2D eigenvalue weighted by molar-refractivity contribution is 0.0927. The molecule has 2 unspecified atom stereocenters. The van der Waals surface area contributed by atoms with Crippen LogP contribution in [-0.4, -0.2) is 49.0 Å². The smallest absolute Gasteiger partial charge is 0.287 e. The first-order valence-corrected chi connectivity index (χ1v) is 9.41. The van der Waals surface area contributed by atoms with E-state index in [1.54, 1.807) is 12.1 Å². The Kier molecular flexibility index (Phi) is 10.2. The van der Waals surface area contributed by atoms with Gasteiger partial charge in [0.15, 0.2) is 11.7 Å². The molecule has 1 aromatic heterocycles. The number of aliphatic imine (C=N–C) groups is 1. The zero-order valence-corrected chi connectivity index (χ0v) is 17.4. The van der Waals surface area contributed by atoms with E-state index in [0.717, 1.165) is 17.8 Å². The van der Waals surface area contributed by atoms with Crippen molar-refractivity contribution in [2.75, 3.05) is 25.9 Å². The molecule has 1 aromatic rings. The molecule has 2 atom stereocenters. The van der Waals surface area contributed by atoms with Crippen LogP contribution in [-0.2, 0) is 0 Å². The van der Waals surface area contributed by atoms with Crippen LogP contribution in [0.5, 0.6) is 0 Å². The molecule has 136 valence electrons. The van der Waals surface area contributed by atoms with E-state index in [1.165, 1.54) is 25.5 Å². The molecule has 1 heterocycles. The largest absolute Gasteiger partial charge is 0.459 e. The maximum atomic E-state index is 11.7. The van der Waals surface area contributed by atoms with Crippen LogP contribution in [0.4, 0.5) is 0 Å². The summed E-state index contributed by atoms with van der Waals surface area (Å²) in [7, 11) is 0. The van der Waals surface area contributed by atoms with E-state index in [4.69, 9.17) is 4.42 Å². The van der Waals surface area contributed by atoms with Gasteiger partial charge in [-0.1, -0.05) is 0 Å².